The second kappa shape index (κ2) is 6.29. The summed E-state index contributed by atoms with van der Waals surface area (Å²) in [6, 6.07) is 10.9. The molecule has 0 aliphatic carbocycles. The van der Waals surface area contributed by atoms with Crippen molar-refractivity contribution in [2.45, 2.75) is 20.5 Å². The summed E-state index contributed by atoms with van der Waals surface area (Å²) >= 11 is 11.8. The smallest absolute Gasteiger partial charge is 0.163 e. The molecule has 0 spiro atoms. The maximum Gasteiger partial charge on any atom is 0.163 e. The van der Waals surface area contributed by atoms with Crippen LogP contribution in [0, 0.1) is 6.92 Å². The number of carbonyl (C=O) groups is 1. The van der Waals surface area contributed by atoms with Gasteiger partial charge in [-0.25, -0.2) is 0 Å². The zero-order chi connectivity index (χ0) is 14.7. The first-order valence-corrected chi connectivity index (χ1v) is 6.91. The lowest BCUT2D eigenvalue weighted by Gasteiger charge is -2.11. The Morgan fingerprint density at radius 1 is 1.10 bits per heavy atom. The van der Waals surface area contributed by atoms with Crippen LogP contribution in [0.15, 0.2) is 36.4 Å². The summed E-state index contributed by atoms with van der Waals surface area (Å²) in [7, 11) is 0. The fraction of sp³-hybridized carbons (Fsp3) is 0.188. The van der Waals surface area contributed by atoms with Crippen LogP contribution in [-0.4, -0.2) is 5.78 Å². The van der Waals surface area contributed by atoms with Gasteiger partial charge in [-0.15, -0.1) is 0 Å². The number of rotatable bonds is 4. The minimum absolute atomic E-state index is 0.0193. The van der Waals surface area contributed by atoms with E-state index in [1.165, 1.54) is 6.92 Å². The summed E-state index contributed by atoms with van der Waals surface area (Å²) in [4.78, 5) is 11.6. The van der Waals surface area contributed by atoms with Crippen molar-refractivity contribution in [1.29, 1.82) is 0 Å². The van der Waals surface area contributed by atoms with Gasteiger partial charge in [0.2, 0.25) is 0 Å². The van der Waals surface area contributed by atoms with Gasteiger partial charge >= 0.3 is 0 Å². The lowest BCUT2D eigenvalue weighted by Crippen LogP contribution is -2.02. The largest absolute Gasteiger partial charge is 0.488 e. The summed E-state index contributed by atoms with van der Waals surface area (Å²) in [5.74, 6) is 0.567. The van der Waals surface area contributed by atoms with Crippen molar-refractivity contribution in [1.82, 2.24) is 0 Å². The zero-order valence-electron chi connectivity index (χ0n) is 11.2. The van der Waals surface area contributed by atoms with Gasteiger partial charge in [-0.05, 0) is 49.2 Å². The average molecular weight is 309 g/mol. The lowest BCUT2D eigenvalue weighted by atomic mass is 10.1. The van der Waals surface area contributed by atoms with E-state index in [0.717, 1.165) is 11.1 Å². The molecular weight excluding hydrogens is 295 g/mol. The normalized spacial score (nSPS) is 10.4. The van der Waals surface area contributed by atoms with Crippen LogP contribution in [0.2, 0.25) is 10.0 Å². The van der Waals surface area contributed by atoms with Crippen LogP contribution in [0.25, 0.3) is 0 Å². The van der Waals surface area contributed by atoms with Crippen molar-refractivity contribution in [3.63, 3.8) is 0 Å². The molecule has 2 aromatic rings. The van der Waals surface area contributed by atoms with Crippen LogP contribution in [0.3, 0.4) is 0 Å². The molecule has 0 heterocycles. The summed E-state index contributed by atoms with van der Waals surface area (Å²) in [5, 5.41) is 0.999. The monoisotopic (exact) mass is 308 g/mol. The molecule has 0 aromatic heterocycles. The highest BCUT2D eigenvalue weighted by atomic mass is 35.5. The topological polar surface area (TPSA) is 26.3 Å². The number of halogens is 2. The maximum atomic E-state index is 11.6. The number of Topliss-reactive ketones (excluding diaryl/α,β-unsaturated/α-hetero) is 1. The van der Waals surface area contributed by atoms with E-state index in [0.29, 0.717) is 28.0 Å². The van der Waals surface area contributed by atoms with Gasteiger partial charge in [0, 0.05) is 0 Å². The molecule has 2 rings (SSSR count). The third-order valence-electron chi connectivity index (χ3n) is 2.89. The number of hydrogen-bond acceptors (Lipinski definition) is 2. The Kier molecular flexibility index (Phi) is 4.69. The number of hydrogen-bond donors (Lipinski definition) is 0. The molecule has 0 unspecified atom stereocenters. The highest BCUT2D eigenvalue weighted by molar-refractivity contribution is 6.42. The minimum atomic E-state index is -0.0193. The van der Waals surface area contributed by atoms with E-state index in [1.807, 2.05) is 25.1 Å². The number of aryl methyl sites for hydroxylation is 1. The molecule has 4 heteroatoms. The number of ether oxygens (including phenoxy) is 1. The number of carbonyl (C=O) groups excluding carboxylic acids is 1. The van der Waals surface area contributed by atoms with Crippen LogP contribution >= 0.6 is 23.2 Å². The summed E-state index contributed by atoms with van der Waals surface area (Å²) in [5.41, 5.74) is 2.52. The molecule has 2 aromatic carbocycles. The van der Waals surface area contributed by atoms with Gasteiger partial charge in [0.25, 0.3) is 0 Å². The van der Waals surface area contributed by atoms with Gasteiger partial charge in [0.15, 0.2) is 5.78 Å². The third-order valence-corrected chi connectivity index (χ3v) is 3.63. The van der Waals surface area contributed by atoms with E-state index in [9.17, 15) is 4.79 Å². The molecule has 20 heavy (non-hydrogen) atoms. The first-order chi connectivity index (χ1) is 9.47. The van der Waals surface area contributed by atoms with Gasteiger partial charge < -0.3 is 4.74 Å². The first-order valence-electron chi connectivity index (χ1n) is 6.15. The fourth-order valence-electron chi connectivity index (χ4n) is 1.83. The van der Waals surface area contributed by atoms with Crippen molar-refractivity contribution < 1.29 is 9.53 Å². The quantitative estimate of drug-likeness (QED) is 0.736. The van der Waals surface area contributed by atoms with Crippen LogP contribution in [0.4, 0.5) is 0 Å². The van der Waals surface area contributed by atoms with Gasteiger partial charge in [-0.1, -0.05) is 35.3 Å². The Hall–Kier alpha value is -1.51. The highest BCUT2D eigenvalue weighted by Gasteiger charge is 2.09. The van der Waals surface area contributed by atoms with Crippen LogP contribution in [-0.2, 0) is 6.61 Å². The van der Waals surface area contributed by atoms with Crippen molar-refractivity contribution in [3.8, 4) is 5.75 Å². The van der Waals surface area contributed by atoms with Crippen LogP contribution in [0.5, 0.6) is 5.75 Å². The summed E-state index contributed by atoms with van der Waals surface area (Å²) < 4.78 is 5.74. The minimum Gasteiger partial charge on any atom is -0.488 e. The number of ketones is 1. The molecule has 104 valence electrons. The molecule has 0 amide bonds. The molecule has 0 fully saturated rings. The van der Waals surface area contributed by atoms with Gasteiger partial charge in [-0.2, -0.15) is 0 Å². The van der Waals surface area contributed by atoms with Crippen molar-refractivity contribution >= 4 is 29.0 Å². The molecule has 0 aliphatic heterocycles. The Balaban J connectivity index is 2.20. The van der Waals surface area contributed by atoms with Crippen LogP contribution < -0.4 is 4.74 Å². The zero-order valence-corrected chi connectivity index (χ0v) is 12.8. The standard InChI is InChI=1S/C16H14Cl2O2/c1-10-3-5-13(11(2)19)16(7-10)20-9-12-4-6-14(17)15(18)8-12/h3-8H,9H2,1-2H3. The lowest BCUT2D eigenvalue weighted by molar-refractivity contribution is 0.101. The second-order valence-corrected chi connectivity index (χ2v) is 5.41. The molecule has 0 radical (unpaired) electrons. The highest BCUT2D eigenvalue weighted by Crippen LogP contribution is 2.25. The molecule has 0 bridgehead atoms. The first kappa shape index (κ1) is 14.9. The molecule has 2 nitrogen and oxygen atoms in total. The Bertz CT molecular complexity index is 651. The van der Waals surface area contributed by atoms with E-state index in [1.54, 1.807) is 18.2 Å². The fourth-order valence-corrected chi connectivity index (χ4v) is 2.15. The maximum absolute atomic E-state index is 11.6. The second-order valence-electron chi connectivity index (χ2n) is 4.59. The van der Waals surface area contributed by atoms with Crippen molar-refractivity contribution in [2.75, 3.05) is 0 Å². The summed E-state index contributed by atoms with van der Waals surface area (Å²) in [6.07, 6.45) is 0. The molecule has 0 N–H and O–H groups in total. The molecule has 0 saturated carbocycles. The molecule has 0 aliphatic rings. The SMILES string of the molecule is CC(=O)c1ccc(C)cc1OCc1ccc(Cl)c(Cl)c1. The Morgan fingerprint density at radius 2 is 1.85 bits per heavy atom. The summed E-state index contributed by atoms with van der Waals surface area (Å²) in [6.45, 7) is 3.81. The predicted molar refractivity (Wildman–Crippen MR) is 82.0 cm³/mol. The van der Waals surface area contributed by atoms with E-state index >= 15 is 0 Å². The third kappa shape index (κ3) is 3.53. The molecule has 0 saturated heterocycles. The molecular formula is C16H14Cl2O2. The van der Waals surface area contributed by atoms with Gasteiger partial charge in [0.1, 0.15) is 12.4 Å². The average Bonchev–Trinajstić information content (AvgIpc) is 2.40. The van der Waals surface area contributed by atoms with Crippen molar-refractivity contribution in [2.24, 2.45) is 0 Å². The van der Waals surface area contributed by atoms with E-state index in [-0.39, 0.29) is 5.78 Å². The number of benzene rings is 2. The van der Waals surface area contributed by atoms with E-state index in [4.69, 9.17) is 27.9 Å². The molecule has 0 atom stereocenters. The Labute approximate surface area is 128 Å². The van der Waals surface area contributed by atoms with Crippen LogP contribution in [0.1, 0.15) is 28.4 Å². The van der Waals surface area contributed by atoms with Gasteiger partial charge in [0.05, 0.1) is 15.6 Å². The predicted octanol–water partition coefficient (Wildman–Crippen LogP) is 5.08. The van der Waals surface area contributed by atoms with Gasteiger partial charge in [-0.3, -0.25) is 4.79 Å². The van der Waals surface area contributed by atoms with E-state index in [2.05, 4.69) is 0 Å². The Morgan fingerprint density at radius 3 is 2.50 bits per heavy atom. The van der Waals surface area contributed by atoms with E-state index < -0.39 is 0 Å². The van der Waals surface area contributed by atoms with Crippen molar-refractivity contribution in [3.05, 3.63) is 63.1 Å².